The van der Waals surface area contributed by atoms with Crippen molar-refractivity contribution in [1.82, 2.24) is 0 Å². The summed E-state index contributed by atoms with van der Waals surface area (Å²) < 4.78 is 49.7. The first-order chi connectivity index (χ1) is 7.36. The van der Waals surface area contributed by atoms with E-state index in [1.807, 2.05) is 0 Å². The van der Waals surface area contributed by atoms with Gasteiger partial charge in [0, 0.05) is 5.56 Å². The second kappa shape index (κ2) is 4.86. The maximum absolute atomic E-state index is 13.1. The van der Waals surface area contributed by atoms with Gasteiger partial charge in [-0.05, 0) is 18.4 Å². The van der Waals surface area contributed by atoms with Crippen molar-refractivity contribution < 1.29 is 22.4 Å². The van der Waals surface area contributed by atoms with Crippen LogP contribution in [-0.4, -0.2) is 17.8 Å². The molecular formula is C10H8F4OS. The average Bonchev–Trinajstić information content (AvgIpc) is 2.16. The Labute approximate surface area is 93.8 Å². The van der Waals surface area contributed by atoms with E-state index in [9.17, 15) is 22.4 Å². The van der Waals surface area contributed by atoms with Crippen LogP contribution >= 0.6 is 11.8 Å². The molecule has 1 aromatic rings. The zero-order valence-electron chi connectivity index (χ0n) is 8.27. The minimum absolute atomic E-state index is 0.0418. The molecule has 6 heteroatoms. The summed E-state index contributed by atoms with van der Waals surface area (Å²) in [7, 11) is 0. The fourth-order valence-electron chi connectivity index (χ4n) is 1.13. The van der Waals surface area contributed by atoms with Crippen LogP contribution in [-0.2, 0) is 6.18 Å². The second-order valence-electron chi connectivity index (χ2n) is 3.05. The predicted molar refractivity (Wildman–Crippen MR) is 54.1 cm³/mol. The Balaban J connectivity index is 3.05. The van der Waals surface area contributed by atoms with Gasteiger partial charge in [-0.2, -0.15) is 24.9 Å². The number of hydrogen-bond acceptors (Lipinski definition) is 2. The zero-order valence-corrected chi connectivity index (χ0v) is 9.08. The van der Waals surface area contributed by atoms with E-state index in [0.29, 0.717) is 12.1 Å². The topological polar surface area (TPSA) is 17.1 Å². The quantitative estimate of drug-likeness (QED) is 0.606. The number of carbonyl (C=O) groups excluding carboxylic acids is 1. The van der Waals surface area contributed by atoms with Crippen LogP contribution in [0.15, 0.2) is 18.2 Å². The highest BCUT2D eigenvalue weighted by Gasteiger charge is 2.34. The molecule has 1 aromatic carbocycles. The molecule has 0 saturated carbocycles. The Morgan fingerprint density at radius 3 is 2.44 bits per heavy atom. The summed E-state index contributed by atoms with van der Waals surface area (Å²) in [6.45, 7) is 0. The van der Waals surface area contributed by atoms with Gasteiger partial charge in [0.25, 0.3) is 0 Å². The van der Waals surface area contributed by atoms with Crippen molar-refractivity contribution in [3.05, 3.63) is 35.1 Å². The fraction of sp³-hybridized carbons (Fsp3) is 0.300. The number of halogens is 4. The Hall–Kier alpha value is -1.04. The van der Waals surface area contributed by atoms with E-state index in [0.717, 1.165) is 6.07 Å². The van der Waals surface area contributed by atoms with E-state index in [2.05, 4.69) is 0 Å². The van der Waals surface area contributed by atoms with Crippen LogP contribution in [0.1, 0.15) is 15.9 Å². The van der Waals surface area contributed by atoms with Gasteiger partial charge in [-0.25, -0.2) is 4.39 Å². The summed E-state index contributed by atoms with van der Waals surface area (Å²) in [5.74, 6) is -1.69. The van der Waals surface area contributed by atoms with E-state index in [1.165, 1.54) is 11.8 Å². The Morgan fingerprint density at radius 2 is 2.00 bits per heavy atom. The normalized spacial score (nSPS) is 11.6. The van der Waals surface area contributed by atoms with Crippen molar-refractivity contribution in [2.45, 2.75) is 6.18 Å². The monoisotopic (exact) mass is 252 g/mol. The summed E-state index contributed by atoms with van der Waals surface area (Å²) in [6, 6.07) is 2.20. The van der Waals surface area contributed by atoms with Crippen LogP contribution < -0.4 is 0 Å². The van der Waals surface area contributed by atoms with Crippen LogP contribution in [0.2, 0.25) is 0 Å². The molecule has 0 aliphatic carbocycles. The van der Waals surface area contributed by atoms with Gasteiger partial charge in [0.15, 0.2) is 5.78 Å². The molecule has 1 rings (SSSR count). The number of Topliss-reactive ketones (excluding diaryl/α,β-unsaturated/α-hetero) is 1. The van der Waals surface area contributed by atoms with Crippen LogP contribution in [0.4, 0.5) is 17.6 Å². The molecule has 0 bridgehead atoms. The highest BCUT2D eigenvalue weighted by molar-refractivity contribution is 7.99. The molecule has 0 atom stereocenters. The SMILES string of the molecule is CSCC(=O)c1ccc(C(F)(F)F)c(F)c1. The van der Waals surface area contributed by atoms with Gasteiger partial charge in [-0.3, -0.25) is 4.79 Å². The molecule has 0 amide bonds. The maximum atomic E-state index is 13.1. The lowest BCUT2D eigenvalue weighted by Gasteiger charge is -2.08. The molecule has 0 aliphatic rings. The van der Waals surface area contributed by atoms with E-state index in [1.54, 1.807) is 6.26 Å². The molecule has 0 N–H and O–H groups in total. The first kappa shape index (κ1) is 13.0. The van der Waals surface area contributed by atoms with Gasteiger partial charge in [0.05, 0.1) is 11.3 Å². The lowest BCUT2D eigenvalue weighted by molar-refractivity contribution is -0.140. The summed E-state index contributed by atoms with van der Waals surface area (Å²) in [5.41, 5.74) is -1.40. The van der Waals surface area contributed by atoms with Crippen molar-refractivity contribution in [1.29, 1.82) is 0 Å². The Kier molecular flexibility index (Phi) is 3.96. The molecule has 0 radical (unpaired) electrons. The van der Waals surface area contributed by atoms with Gasteiger partial charge in [-0.1, -0.05) is 6.07 Å². The number of alkyl halides is 3. The summed E-state index contributed by atoms with van der Waals surface area (Å²) in [5, 5.41) is 0. The van der Waals surface area contributed by atoms with E-state index in [4.69, 9.17) is 0 Å². The minimum Gasteiger partial charge on any atom is -0.293 e. The third-order valence-corrected chi connectivity index (χ3v) is 2.42. The first-order valence-corrected chi connectivity index (χ1v) is 5.64. The summed E-state index contributed by atoms with van der Waals surface area (Å²) in [4.78, 5) is 11.3. The lowest BCUT2D eigenvalue weighted by Crippen LogP contribution is -2.10. The third kappa shape index (κ3) is 2.98. The van der Waals surface area contributed by atoms with Gasteiger partial charge >= 0.3 is 6.18 Å². The minimum atomic E-state index is -4.73. The number of thioether (sulfide) groups is 1. The van der Waals surface area contributed by atoms with Crippen molar-refractivity contribution in [3.63, 3.8) is 0 Å². The fourth-order valence-corrected chi connectivity index (χ4v) is 1.56. The molecule has 0 saturated heterocycles. The average molecular weight is 252 g/mol. The van der Waals surface area contributed by atoms with E-state index >= 15 is 0 Å². The number of hydrogen-bond donors (Lipinski definition) is 0. The molecule has 0 aromatic heterocycles. The van der Waals surface area contributed by atoms with Crippen LogP contribution in [0.5, 0.6) is 0 Å². The molecule has 0 spiro atoms. The number of carbonyl (C=O) groups is 1. The van der Waals surface area contributed by atoms with E-state index in [-0.39, 0.29) is 17.1 Å². The van der Waals surface area contributed by atoms with Gasteiger partial charge in [-0.15, -0.1) is 0 Å². The van der Waals surface area contributed by atoms with Gasteiger partial charge < -0.3 is 0 Å². The predicted octanol–water partition coefficient (Wildman–Crippen LogP) is 3.39. The van der Waals surface area contributed by atoms with Gasteiger partial charge in [0.2, 0.25) is 0 Å². The summed E-state index contributed by atoms with van der Waals surface area (Å²) in [6.07, 6.45) is -3.05. The number of ketones is 1. The van der Waals surface area contributed by atoms with Crippen molar-refractivity contribution in [2.75, 3.05) is 12.0 Å². The molecule has 0 aliphatic heterocycles. The molecule has 0 unspecified atom stereocenters. The van der Waals surface area contributed by atoms with Crippen LogP contribution in [0, 0.1) is 5.82 Å². The highest BCUT2D eigenvalue weighted by Crippen LogP contribution is 2.31. The zero-order chi connectivity index (χ0) is 12.3. The third-order valence-electron chi connectivity index (χ3n) is 1.87. The smallest absolute Gasteiger partial charge is 0.293 e. The largest absolute Gasteiger partial charge is 0.419 e. The standard InChI is InChI=1S/C10H8F4OS/c1-16-5-9(15)6-2-3-7(8(11)4-6)10(12,13)14/h2-4H,5H2,1H3. The molecule has 0 heterocycles. The van der Waals surface area contributed by atoms with Crippen molar-refractivity contribution >= 4 is 17.5 Å². The van der Waals surface area contributed by atoms with Crippen LogP contribution in [0.3, 0.4) is 0 Å². The van der Waals surface area contributed by atoms with Crippen molar-refractivity contribution in [3.8, 4) is 0 Å². The molecule has 16 heavy (non-hydrogen) atoms. The van der Waals surface area contributed by atoms with Crippen LogP contribution in [0.25, 0.3) is 0 Å². The molecule has 1 nitrogen and oxygen atoms in total. The van der Waals surface area contributed by atoms with Crippen molar-refractivity contribution in [2.24, 2.45) is 0 Å². The Morgan fingerprint density at radius 1 is 1.38 bits per heavy atom. The Bertz CT molecular complexity index is 400. The highest BCUT2D eigenvalue weighted by atomic mass is 32.2. The first-order valence-electron chi connectivity index (χ1n) is 4.25. The van der Waals surface area contributed by atoms with Gasteiger partial charge in [0.1, 0.15) is 5.82 Å². The lowest BCUT2D eigenvalue weighted by atomic mass is 10.1. The number of rotatable bonds is 3. The molecule has 88 valence electrons. The maximum Gasteiger partial charge on any atom is 0.419 e. The molecule has 0 fully saturated rings. The van der Waals surface area contributed by atoms with E-state index < -0.39 is 17.6 Å². The summed E-state index contributed by atoms with van der Waals surface area (Å²) >= 11 is 1.23. The second-order valence-corrected chi connectivity index (χ2v) is 3.91. The number of benzene rings is 1. The molecular weight excluding hydrogens is 244 g/mol.